The molecule has 0 spiro atoms. The highest BCUT2D eigenvalue weighted by atomic mass is 32.2. The minimum atomic E-state index is 0.325. The molecule has 6 nitrogen and oxygen atoms in total. The molecule has 1 aromatic heterocycles. The minimum absolute atomic E-state index is 0.325. The lowest BCUT2D eigenvalue weighted by Gasteiger charge is -2.43. The number of aliphatic imine (C=N–C) groups is 1. The van der Waals surface area contributed by atoms with Crippen LogP contribution in [-0.4, -0.2) is 64.4 Å². The summed E-state index contributed by atoms with van der Waals surface area (Å²) < 4.78 is 1.89. The Morgan fingerprint density at radius 2 is 2.04 bits per heavy atom. The molecule has 3 rings (SSSR count). The zero-order valence-electron chi connectivity index (χ0n) is 14.9. The van der Waals surface area contributed by atoms with Crippen LogP contribution in [0, 0.1) is 0 Å². The van der Waals surface area contributed by atoms with E-state index >= 15 is 0 Å². The van der Waals surface area contributed by atoms with Gasteiger partial charge in [0.2, 0.25) is 0 Å². The Balaban J connectivity index is 1.55. The van der Waals surface area contributed by atoms with Gasteiger partial charge in [-0.3, -0.25) is 14.6 Å². The summed E-state index contributed by atoms with van der Waals surface area (Å²) in [5.74, 6) is 3.43. The van der Waals surface area contributed by atoms with Gasteiger partial charge in [0.15, 0.2) is 5.96 Å². The maximum atomic E-state index is 4.40. The average Bonchev–Trinajstić information content (AvgIpc) is 3.26. The van der Waals surface area contributed by atoms with Crippen LogP contribution in [0.25, 0.3) is 0 Å². The molecule has 1 saturated heterocycles. The second-order valence-electron chi connectivity index (χ2n) is 6.76. The number of nitrogens with zero attached hydrogens (tertiary/aromatic N) is 4. The van der Waals surface area contributed by atoms with Gasteiger partial charge in [0, 0.05) is 57.0 Å². The first-order valence-corrected chi connectivity index (χ1v) is 10.1. The molecule has 1 aliphatic heterocycles. The van der Waals surface area contributed by atoms with Crippen molar-refractivity contribution >= 4 is 17.7 Å². The van der Waals surface area contributed by atoms with Crippen molar-refractivity contribution in [1.29, 1.82) is 0 Å². The molecule has 7 heteroatoms. The van der Waals surface area contributed by atoms with Gasteiger partial charge in [-0.25, -0.2) is 0 Å². The second kappa shape index (κ2) is 8.25. The van der Waals surface area contributed by atoms with Crippen LogP contribution < -0.4 is 10.6 Å². The van der Waals surface area contributed by atoms with Crippen molar-refractivity contribution < 1.29 is 0 Å². The highest BCUT2D eigenvalue weighted by Crippen LogP contribution is 2.36. The fraction of sp³-hybridized carbons (Fsp3) is 0.765. The Kier molecular flexibility index (Phi) is 6.05. The van der Waals surface area contributed by atoms with E-state index in [1.165, 1.54) is 50.3 Å². The molecular formula is C17H30N6S. The topological polar surface area (TPSA) is 57.5 Å². The first-order chi connectivity index (χ1) is 11.7. The smallest absolute Gasteiger partial charge is 0.191 e. The van der Waals surface area contributed by atoms with E-state index in [2.05, 4.69) is 37.4 Å². The molecule has 0 radical (unpaired) electrons. The molecule has 24 heavy (non-hydrogen) atoms. The second-order valence-corrected chi connectivity index (χ2v) is 7.98. The third-order valence-electron chi connectivity index (χ3n) is 5.38. The number of rotatable bonds is 5. The maximum Gasteiger partial charge on any atom is 0.191 e. The van der Waals surface area contributed by atoms with Crippen molar-refractivity contribution in [3.8, 4) is 0 Å². The Bertz CT molecular complexity index is 543. The highest BCUT2D eigenvalue weighted by Gasteiger charge is 2.39. The van der Waals surface area contributed by atoms with E-state index in [-0.39, 0.29) is 0 Å². The third kappa shape index (κ3) is 4.06. The average molecular weight is 351 g/mol. The summed E-state index contributed by atoms with van der Waals surface area (Å²) in [7, 11) is 3.81. The Morgan fingerprint density at radius 3 is 2.67 bits per heavy atom. The number of hydrogen-bond donors (Lipinski definition) is 2. The number of aromatic nitrogens is 2. The molecule has 2 aliphatic rings. The molecule has 0 bridgehead atoms. The fourth-order valence-electron chi connectivity index (χ4n) is 3.89. The molecule has 2 fully saturated rings. The zero-order valence-corrected chi connectivity index (χ0v) is 15.7. The Hall–Kier alpha value is -1.21. The minimum Gasteiger partial charge on any atom is -0.355 e. The van der Waals surface area contributed by atoms with Crippen molar-refractivity contribution in [3.63, 3.8) is 0 Å². The summed E-state index contributed by atoms with van der Waals surface area (Å²) >= 11 is 2.09. The lowest BCUT2D eigenvalue weighted by Crippen LogP contribution is -2.57. The van der Waals surface area contributed by atoms with Crippen LogP contribution >= 0.6 is 11.8 Å². The van der Waals surface area contributed by atoms with E-state index in [9.17, 15) is 0 Å². The summed E-state index contributed by atoms with van der Waals surface area (Å²) in [6, 6.07) is 2.03. The van der Waals surface area contributed by atoms with Gasteiger partial charge in [-0.15, -0.1) is 0 Å². The van der Waals surface area contributed by atoms with E-state index in [1.807, 2.05) is 31.0 Å². The standard InChI is InChI=1S/C17H30N6S/c1-18-16(19-13-15-5-8-21-22(15)2)20-14-17(6-3-4-7-17)23-9-11-24-12-10-23/h5,8H,3-4,6-7,9-14H2,1-2H3,(H2,18,19,20). The van der Waals surface area contributed by atoms with Crippen molar-refractivity contribution in [2.24, 2.45) is 12.0 Å². The van der Waals surface area contributed by atoms with Crippen molar-refractivity contribution in [3.05, 3.63) is 18.0 Å². The van der Waals surface area contributed by atoms with Gasteiger partial charge in [-0.05, 0) is 18.9 Å². The number of thioether (sulfide) groups is 1. The van der Waals surface area contributed by atoms with Crippen LogP contribution in [0.5, 0.6) is 0 Å². The van der Waals surface area contributed by atoms with Crippen LogP contribution in [0.1, 0.15) is 31.4 Å². The fourth-order valence-corrected chi connectivity index (χ4v) is 4.80. The van der Waals surface area contributed by atoms with Crippen molar-refractivity contribution in [2.45, 2.75) is 37.8 Å². The van der Waals surface area contributed by atoms with E-state index in [4.69, 9.17) is 0 Å². The molecule has 0 amide bonds. The van der Waals surface area contributed by atoms with Crippen molar-refractivity contribution in [1.82, 2.24) is 25.3 Å². The summed E-state index contributed by atoms with van der Waals surface area (Å²) in [4.78, 5) is 7.13. The third-order valence-corrected chi connectivity index (χ3v) is 6.33. The van der Waals surface area contributed by atoms with Gasteiger partial charge in [-0.1, -0.05) is 12.8 Å². The van der Waals surface area contributed by atoms with Gasteiger partial charge in [0.05, 0.1) is 12.2 Å². The lowest BCUT2D eigenvalue weighted by atomic mass is 9.94. The molecule has 2 heterocycles. The lowest BCUT2D eigenvalue weighted by molar-refractivity contribution is 0.107. The van der Waals surface area contributed by atoms with E-state index in [0.29, 0.717) is 5.54 Å². The van der Waals surface area contributed by atoms with Crippen LogP contribution in [0.15, 0.2) is 17.3 Å². The quantitative estimate of drug-likeness (QED) is 0.622. The first kappa shape index (κ1) is 17.6. The first-order valence-electron chi connectivity index (χ1n) is 8.98. The van der Waals surface area contributed by atoms with Gasteiger partial charge in [-0.2, -0.15) is 16.9 Å². The number of hydrogen-bond acceptors (Lipinski definition) is 4. The molecule has 2 N–H and O–H groups in total. The SMILES string of the molecule is CN=C(NCc1ccnn1C)NCC1(N2CCSCC2)CCCC1. The van der Waals surface area contributed by atoms with E-state index < -0.39 is 0 Å². The van der Waals surface area contributed by atoms with Gasteiger partial charge >= 0.3 is 0 Å². The Labute approximate surface area is 149 Å². The maximum absolute atomic E-state index is 4.40. The van der Waals surface area contributed by atoms with E-state index in [0.717, 1.165) is 24.7 Å². The van der Waals surface area contributed by atoms with Crippen LogP contribution in [0.4, 0.5) is 0 Å². The highest BCUT2D eigenvalue weighted by molar-refractivity contribution is 7.99. The number of nitrogens with one attached hydrogen (secondary N) is 2. The van der Waals surface area contributed by atoms with Crippen LogP contribution in [0.3, 0.4) is 0 Å². The normalized spacial score (nSPS) is 21.8. The molecule has 0 atom stereocenters. The molecule has 1 saturated carbocycles. The summed E-state index contributed by atoms with van der Waals surface area (Å²) in [6.45, 7) is 4.19. The molecule has 0 unspecified atom stereocenters. The van der Waals surface area contributed by atoms with Crippen LogP contribution in [-0.2, 0) is 13.6 Å². The molecule has 134 valence electrons. The summed E-state index contributed by atoms with van der Waals surface area (Å²) in [5, 5.41) is 11.2. The monoisotopic (exact) mass is 350 g/mol. The zero-order chi connectivity index (χ0) is 16.8. The molecule has 1 aliphatic carbocycles. The predicted octanol–water partition coefficient (Wildman–Crippen LogP) is 1.45. The Morgan fingerprint density at radius 1 is 1.29 bits per heavy atom. The molecule has 1 aromatic rings. The van der Waals surface area contributed by atoms with Gasteiger partial charge < -0.3 is 10.6 Å². The van der Waals surface area contributed by atoms with Gasteiger partial charge in [0.25, 0.3) is 0 Å². The summed E-state index contributed by atoms with van der Waals surface area (Å²) in [6.07, 6.45) is 7.15. The molecule has 0 aromatic carbocycles. The number of aryl methyl sites for hydroxylation is 1. The largest absolute Gasteiger partial charge is 0.355 e. The molecular weight excluding hydrogens is 320 g/mol. The van der Waals surface area contributed by atoms with Crippen molar-refractivity contribution in [2.75, 3.05) is 38.2 Å². The van der Waals surface area contributed by atoms with Crippen LogP contribution in [0.2, 0.25) is 0 Å². The summed E-state index contributed by atoms with van der Waals surface area (Å²) in [5.41, 5.74) is 1.48. The number of guanidine groups is 1. The predicted molar refractivity (Wildman–Crippen MR) is 102 cm³/mol. The van der Waals surface area contributed by atoms with E-state index in [1.54, 1.807) is 0 Å². The van der Waals surface area contributed by atoms with Gasteiger partial charge in [0.1, 0.15) is 0 Å².